The molecule has 2 aromatic carbocycles. The SMILES string of the molecule is O=C(c1ccccc1F)C1(c2ccccc2)CCCCC1. The zero-order chi connectivity index (χ0) is 14.7. The largest absolute Gasteiger partial charge is 0.293 e. The minimum Gasteiger partial charge on any atom is -0.293 e. The van der Waals surface area contributed by atoms with Crippen LogP contribution in [0.1, 0.15) is 48.0 Å². The summed E-state index contributed by atoms with van der Waals surface area (Å²) < 4.78 is 14.1. The Labute approximate surface area is 124 Å². The van der Waals surface area contributed by atoms with E-state index in [2.05, 4.69) is 0 Å². The maximum atomic E-state index is 14.1. The van der Waals surface area contributed by atoms with Crippen LogP contribution in [0.5, 0.6) is 0 Å². The summed E-state index contributed by atoms with van der Waals surface area (Å²) in [5.41, 5.74) is 0.697. The summed E-state index contributed by atoms with van der Waals surface area (Å²) in [7, 11) is 0. The van der Waals surface area contributed by atoms with E-state index < -0.39 is 11.2 Å². The van der Waals surface area contributed by atoms with Crippen LogP contribution in [-0.4, -0.2) is 5.78 Å². The predicted octanol–water partition coefficient (Wildman–Crippen LogP) is 4.91. The van der Waals surface area contributed by atoms with Gasteiger partial charge in [0.2, 0.25) is 0 Å². The van der Waals surface area contributed by atoms with Crippen LogP contribution in [0, 0.1) is 5.82 Å². The van der Waals surface area contributed by atoms with Crippen LogP contribution < -0.4 is 0 Å². The molecule has 0 bridgehead atoms. The molecule has 1 nitrogen and oxygen atoms in total. The second-order valence-corrected chi connectivity index (χ2v) is 5.82. The van der Waals surface area contributed by atoms with Crippen molar-refractivity contribution in [2.75, 3.05) is 0 Å². The number of hydrogen-bond acceptors (Lipinski definition) is 1. The number of Topliss-reactive ketones (excluding diaryl/α,β-unsaturated/α-hetero) is 1. The molecule has 0 amide bonds. The number of carbonyl (C=O) groups is 1. The summed E-state index contributed by atoms with van der Waals surface area (Å²) in [6, 6.07) is 16.2. The molecule has 0 saturated heterocycles. The first-order valence-electron chi connectivity index (χ1n) is 7.59. The molecule has 1 fully saturated rings. The van der Waals surface area contributed by atoms with Crippen molar-refractivity contribution < 1.29 is 9.18 Å². The van der Waals surface area contributed by atoms with Gasteiger partial charge >= 0.3 is 0 Å². The van der Waals surface area contributed by atoms with E-state index in [0.29, 0.717) is 0 Å². The van der Waals surface area contributed by atoms with E-state index in [1.165, 1.54) is 6.07 Å². The lowest BCUT2D eigenvalue weighted by Crippen LogP contribution is -2.38. The van der Waals surface area contributed by atoms with E-state index in [0.717, 1.165) is 37.7 Å². The molecule has 0 aromatic heterocycles. The molecule has 0 atom stereocenters. The summed E-state index contributed by atoms with van der Waals surface area (Å²) in [5, 5.41) is 0. The van der Waals surface area contributed by atoms with Crippen molar-refractivity contribution in [1.82, 2.24) is 0 Å². The Balaban J connectivity index is 2.08. The lowest BCUT2D eigenvalue weighted by molar-refractivity contribution is 0.0835. The van der Waals surface area contributed by atoms with Gasteiger partial charge in [-0.25, -0.2) is 4.39 Å². The van der Waals surface area contributed by atoms with Crippen LogP contribution >= 0.6 is 0 Å². The van der Waals surface area contributed by atoms with Crippen molar-refractivity contribution >= 4 is 5.78 Å². The number of ketones is 1. The fourth-order valence-corrected chi connectivity index (χ4v) is 3.46. The Morgan fingerprint density at radius 3 is 2.14 bits per heavy atom. The second-order valence-electron chi connectivity index (χ2n) is 5.82. The van der Waals surface area contributed by atoms with Gasteiger partial charge in [0.15, 0.2) is 5.78 Å². The van der Waals surface area contributed by atoms with Crippen LogP contribution in [-0.2, 0) is 5.41 Å². The molecule has 108 valence electrons. The maximum absolute atomic E-state index is 14.1. The van der Waals surface area contributed by atoms with E-state index in [-0.39, 0.29) is 11.3 Å². The summed E-state index contributed by atoms with van der Waals surface area (Å²) in [6.45, 7) is 0. The third kappa shape index (κ3) is 2.51. The first-order valence-corrected chi connectivity index (χ1v) is 7.59. The topological polar surface area (TPSA) is 17.1 Å². The summed E-state index contributed by atoms with van der Waals surface area (Å²) in [5.74, 6) is -0.477. The quantitative estimate of drug-likeness (QED) is 0.731. The van der Waals surface area contributed by atoms with Crippen molar-refractivity contribution in [3.8, 4) is 0 Å². The average Bonchev–Trinajstić information content (AvgIpc) is 2.56. The molecule has 0 aliphatic heterocycles. The summed E-state index contributed by atoms with van der Waals surface area (Å²) in [6.07, 6.45) is 4.82. The third-order valence-electron chi connectivity index (χ3n) is 4.59. The van der Waals surface area contributed by atoms with Gasteiger partial charge in [-0.2, -0.15) is 0 Å². The van der Waals surface area contributed by atoms with Crippen LogP contribution in [0.3, 0.4) is 0 Å². The fraction of sp³-hybridized carbons (Fsp3) is 0.316. The molecule has 21 heavy (non-hydrogen) atoms. The van der Waals surface area contributed by atoms with Crippen molar-refractivity contribution in [2.45, 2.75) is 37.5 Å². The number of benzene rings is 2. The van der Waals surface area contributed by atoms with Crippen LogP contribution in [0.2, 0.25) is 0 Å². The number of halogens is 1. The fourth-order valence-electron chi connectivity index (χ4n) is 3.46. The van der Waals surface area contributed by atoms with Gasteiger partial charge in [-0.1, -0.05) is 61.7 Å². The van der Waals surface area contributed by atoms with Crippen molar-refractivity contribution in [1.29, 1.82) is 0 Å². The zero-order valence-corrected chi connectivity index (χ0v) is 12.0. The molecule has 0 spiro atoms. The Morgan fingerprint density at radius 2 is 1.48 bits per heavy atom. The monoisotopic (exact) mass is 282 g/mol. The summed E-state index contributed by atoms with van der Waals surface area (Å²) in [4.78, 5) is 13.1. The molecule has 1 aliphatic rings. The third-order valence-corrected chi connectivity index (χ3v) is 4.59. The van der Waals surface area contributed by atoms with E-state index in [4.69, 9.17) is 0 Å². The molecule has 3 rings (SSSR count). The van der Waals surface area contributed by atoms with Gasteiger partial charge in [0.1, 0.15) is 5.82 Å². The van der Waals surface area contributed by atoms with Crippen LogP contribution in [0.25, 0.3) is 0 Å². The molecule has 0 N–H and O–H groups in total. The molecule has 0 heterocycles. The van der Waals surface area contributed by atoms with Crippen molar-refractivity contribution in [2.24, 2.45) is 0 Å². The maximum Gasteiger partial charge on any atom is 0.176 e. The van der Waals surface area contributed by atoms with Gasteiger partial charge in [-0.05, 0) is 30.5 Å². The number of rotatable bonds is 3. The summed E-state index contributed by atoms with van der Waals surface area (Å²) >= 11 is 0. The van der Waals surface area contributed by atoms with Crippen LogP contribution in [0.15, 0.2) is 54.6 Å². The smallest absolute Gasteiger partial charge is 0.176 e. The number of carbonyl (C=O) groups excluding carboxylic acids is 1. The molecular formula is C19H19FO. The Kier molecular flexibility index (Phi) is 3.87. The number of hydrogen-bond donors (Lipinski definition) is 0. The Bertz CT molecular complexity index is 627. The van der Waals surface area contributed by atoms with E-state index >= 15 is 0 Å². The highest BCUT2D eigenvalue weighted by Gasteiger charge is 2.41. The van der Waals surface area contributed by atoms with Gasteiger partial charge in [0.05, 0.1) is 11.0 Å². The van der Waals surface area contributed by atoms with Gasteiger partial charge < -0.3 is 0 Å². The first-order chi connectivity index (χ1) is 10.2. The molecule has 2 heteroatoms. The van der Waals surface area contributed by atoms with E-state index in [9.17, 15) is 9.18 Å². The van der Waals surface area contributed by atoms with E-state index in [1.54, 1.807) is 18.2 Å². The second kappa shape index (κ2) is 5.80. The molecule has 1 aliphatic carbocycles. The van der Waals surface area contributed by atoms with Gasteiger partial charge in [0, 0.05) is 0 Å². The lowest BCUT2D eigenvalue weighted by Gasteiger charge is -2.36. The Hall–Kier alpha value is -1.96. The standard InChI is InChI=1S/C19H19FO/c20-17-12-6-5-11-16(17)18(21)19(13-7-2-8-14-19)15-9-3-1-4-10-15/h1,3-6,9-12H,2,7-8,13-14H2. The molecular weight excluding hydrogens is 263 g/mol. The molecule has 0 radical (unpaired) electrons. The van der Waals surface area contributed by atoms with Crippen molar-refractivity contribution in [3.63, 3.8) is 0 Å². The van der Waals surface area contributed by atoms with Gasteiger partial charge in [0.25, 0.3) is 0 Å². The van der Waals surface area contributed by atoms with Gasteiger partial charge in [-0.15, -0.1) is 0 Å². The highest BCUT2D eigenvalue weighted by Crippen LogP contribution is 2.42. The van der Waals surface area contributed by atoms with Crippen molar-refractivity contribution in [3.05, 3.63) is 71.5 Å². The minimum atomic E-state index is -0.554. The Morgan fingerprint density at radius 1 is 0.857 bits per heavy atom. The minimum absolute atomic E-state index is 0.0634. The highest BCUT2D eigenvalue weighted by atomic mass is 19.1. The molecule has 1 saturated carbocycles. The normalized spacial score (nSPS) is 17.4. The highest BCUT2D eigenvalue weighted by molar-refractivity contribution is 6.04. The van der Waals surface area contributed by atoms with Crippen LogP contribution in [0.4, 0.5) is 4.39 Å². The van der Waals surface area contributed by atoms with E-state index in [1.807, 2.05) is 30.3 Å². The lowest BCUT2D eigenvalue weighted by atomic mass is 9.65. The first kappa shape index (κ1) is 14.0. The predicted molar refractivity (Wildman–Crippen MR) is 81.9 cm³/mol. The molecule has 2 aromatic rings. The average molecular weight is 282 g/mol. The molecule has 0 unspecified atom stereocenters. The van der Waals surface area contributed by atoms with Gasteiger partial charge in [-0.3, -0.25) is 4.79 Å². The zero-order valence-electron chi connectivity index (χ0n) is 12.0.